The van der Waals surface area contributed by atoms with Gasteiger partial charge >= 0.3 is 12.1 Å². The maximum absolute atomic E-state index is 12.5. The van der Waals surface area contributed by atoms with Crippen molar-refractivity contribution in [3.05, 3.63) is 35.7 Å². The molecule has 1 aromatic carbocycles. The first-order valence-electron chi connectivity index (χ1n) is 9.40. The van der Waals surface area contributed by atoms with Gasteiger partial charge in [0, 0.05) is 37.3 Å². The first-order valence-corrected chi connectivity index (χ1v) is 9.40. The highest BCUT2D eigenvalue weighted by atomic mass is 19.4. The molecule has 2 aromatic rings. The van der Waals surface area contributed by atoms with Crippen LogP contribution < -0.4 is 5.32 Å². The standard InChI is InChI=1S/C19H21F3N4O2/c20-19(21,22)18-24-16(25-28-18)14-3-5-15(6-4-14)17(27)23-7-8-26-10-12-1-2-13(9-12)11-26/h3-6,12-13H,1-2,7-11H2,(H,23,27). The van der Waals surface area contributed by atoms with Crippen molar-refractivity contribution in [2.45, 2.75) is 25.4 Å². The van der Waals surface area contributed by atoms with Crippen molar-refractivity contribution in [2.24, 2.45) is 11.8 Å². The predicted molar refractivity (Wildman–Crippen MR) is 94.3 cm³/mol. The number of carbonyl (C=O) groups excluding carboxylic acids is 1. The molecule has 6 nitrogen and oxygen atoms in total. The zero-order valence-electron chi connectivity index (χ0n) is 15.2. The average molecular weight is 394 g/mol. The molecule has 2 unspecified atom stereocenters. The van der Waals surface area contributed by atoms with Gasteiger partial charge in [-0.05, 0) is 43.2 Å². The summed E-state index contributed by atoms with van der Waals surface area (Å²) in [6, 6.07) is 6.08. The number of carbonyl (C=O) groups is 1. The fourth-order valence-electron chi connectivity index (χ4n) is 4.15. The molecule has 9 heteroatoms. The van der Waals surface area contributed by atoms with Crippen LogP contribution in [0.1, 0.15) is 35.5 Å². The van der Waals surface area contributed by atoms with Crippen LogP contribution in [0.3, 0.4) is 0 Å². The number of amides is 1. The Morgan fingerprint density at radius 1 is 1.18 bits per heavy atom. The van der Waals surface area contributed by atoms with Crippen molar-refractivity contribution in [1.29, 1.82) is 0 Å². The number of hydrogen-bond donors (Lipinski definition) is 1. The van der Waals surface area contributed by atoms with Crippen molar-refractivity contribution in [3.63, 3.8) is 0 Å². The Bertz CT molecular complexity index is 822. The normalized spacial score (nSPS) is 22.4. The zero-order valence-corrected chi connectivity index (χ0v) is 15.2. The monoisotopic (exact) mass is 394 g/mol. The van der Waals surface area contributed by atoms with Crippen molar-refractivity contribution >= 4 is 5.91 Å². The van der Waals surface area contributed by atoms with E-state index in [9.17, 15) is 18.0 Å². The molecular weight excluding hydrogens is 373 g/mol. The first-order chi connectivity index (χ1) is 13.4. The summed E-state index contributed by atoms with van der Waals surface area (Å²) in [7, 11) is 0. The fraction of sp³-hybridized carbons (Fsp3) is 0.526. The minimum atomic E-state index is -4.68. The zero-order chi connectivity index (χ0) is 19.7. The van der Waals surface area contributed by atoms with Crippen LogP contribution >= 0.6 is 0 Å². The van der Waals surface area contributed by atoms with Crippen molar-refractivity contribution in [2.75, 3.05) is 26.2 Å². The Kier molecular flexibility index (Phi) is 5.09. The Labute approximate surface area is 160 Å². The lowest BCUT2D eigenvalue weighted by molar-refractivity contribution is -0.159. The van der Waals surface area contributed by atoms with Crippen LogP contribution in [0, 0.1) is 11.8 Å². The van der Waals surface area contributed by atoms with E-state index in [1.807, 2.05) is 0 Å². The maximum Gasteiger partial charge on any atom is 0.471 e. The number of halogens is 3. The molecule has 0 radical (unpaired) electrons. The molecule has 1 aliphatic heterocycles. The molecule has 4 rings (SSSR count). The van der Waals surface area contributed by atoms with Crippen molar-refractivity contribution in [3.8, 4) is 11.4 Å². The van der Waals surface area contributed by atoms with Gasteiger partial charge < -0.3 is 14.7 Å². The second kappa shape index (κ2) is 7.54. The number of benzene rings is 1. The molecule has 2 atom stereocenters. The van der Waals surface area contributed by atoms with Gasteiger partial charge in [-0.25, -0.2) is 0 Å². The molecule has 2 fully saturated rings. The summed E-state index contributed by atoms with van der Waals surface area (Å²) in [5, 5.41) is 6.23. The maximum atomic E-state index is 12.5. The Morgan fingerprint density at radius 2 is 1.86 bits per heavy atom. The van der Waals surface area contributed by atoms with Crippen LogP contribution in [-0.2, 0) is 6.18 Å². The van der Waals surface area contributed by atoms with Crippen molar-refractivity contribution in [1.82, 2.24) is 20.4 Å². The highest BCUT2D eigenvalue weighted by molar-refractivity contribution is 5.94. The Balaban J connectivity index is 1.29. The molecule has 1 amide bonds. The molecule has 150 valence electrons. The molecule has 1 aliphatic carbocycles. The summed E-state index contributed by atoms with van der Waals surface area (Å²) in [4.78, 5) is 18.0. The van der Waals surface area contributed by atoms with E-state index in [0.29, 0.717) is 17.7 Å². The Hall–Kier alpha value is -2.42. The lowest BCUT2D eigenvalue weighted by Crippen LogP contribution is -2.41. The number of alkyl halides is 3. The van der Waals surface area contributed by atoms with E-state index in [1.54, 1.807) is 0 Å². The van der Waals surface area contributed by atoms with Crippen LogP contribution in [0.4, 0.5) is 13.2 Å². The van der Waals surface area contributed by atoms with Gasteiger partial charge in [0.15, 0.2) is 0 Å². The number of likely N-dealkylation sites (tertiary alicyclic amines) is 1. The highest BCUT2D eigenvalue weighted by Crippen LogP contribution is 2.36. The summed E-state index contributed by atoms with van der Waals surface area (Å²) < 4.78 is 41.8. The smallest absolute Gasteiger partial charge is 0.351 e. The number of hydrogen-bond acceptors (Lipinski definition) is 5. The minimum Gasteiger partial charge on any atom is -0.351 e. The molecule has 2 aliphatic rings. The number of nitrogens with zero attached hydrogens (tertiary/aromatic N) is 3. The van der Waals surface area contributed by atoms with Gasteiger partial charge in [-0.2, -0.15) is 18.2 Å². The number of fused-ring (bicyclic) bond motifs is 2. The van der Waals surface area contributed by atoms with Crippen LogP contribution in [-0.4, -0.2) is 47.1 Å². The summed E-state index contributed by atoms with van der Waals surface area (Å²) in [6.07, 6.45) is -0.686. The SMILES string of the molecule is O=C(NCCN1CC2CCC(C2)C1)c1ccc(-c2noc(C(F)(F)F)n2)cc1. The summed E-state index contributed by atoms with van der Waals surface area (Å²) in [5.41, 5.74) is 0.779. The number of aromatic nitrogens is 2. The predicted octanol–water partition coefficient (Wildman–Crippen LogP) is 3.22. The quantitative estimate of drug-likeness (QED) is 0.843. The van der Waals surface area contributed by atoms with Crippen LogP contribution in [0.25, 0.3) is 11.4 Å². The van der Waals surface area contributed by atoms with E-state index < -0.39 is 12.1 Å². The van der Waals surface area contributed by atoms with Gasteiger partial charge in [0.25, 0.3) is 5.91 Å². The molecule has 1 N–H and O–H groups in total. The topological polar surface area (TPSA) is 71.3 Å². The first kappa shape index (κ1) is 18.9. The minimum absolute atomic E-state index is 0.168. The largest absolute Gasteiger partial charge is 0.471 e. The molecule has 2 bridgehead atoms. The van der Waals surface area contributed by atoms with E-state index in [2.05, 4.69) is 24.9 Å². The molecule has 2 heterocycles. The van der Waals surface area contributed by atoms with E-state index in [-0.39, 0.29) is 11.7 Å². The van der Waals surface area contributed by atoms with E-state index in [4.69, 9.17) is 0 Å². The van der Waals surface area contributed by atoms with Crippen LogP contribution in [0.15, 0.2) is 28.8 Å². The van der Waals surface area contributed by atoms with Gasteiger partial charge in [-0.1, -0.05) is 17.3 Å². The van der Waals surface area contributed by atoms with Crippen LogP contribution in [0.2, 0.25) is 0 Å². The molecule has 1 saturated heterocycles. The van der Waals surface area contributed by atoms with Gasteiger partial charge in [0.2, 0.25) is 5.82 Å². The third-order valence-corrected chi connectivity index (χ3v) is 5.47. The van der Waals surface area contributed by atoms with Crippen molar-refractivity contribution < 1.29 is 22.5 Å². The third kappa shape index (κ3) is 4.19. The third-order valence-electron chi connectivity index (χ3n) is 5.47. The lowest BCUT2D eigenvalue weighted by Gasteiger charge is -2.31. The van der Waals surface area contributed by atoms with Gasteiger partial charge in [-0.15, -0.1) is 0 Å². The highest BCUT2D eigenvalue weighted by Gasteiger charge is 2.38. The van der Waals surface area contributed by atoms with Gasteiger partial charge in [0.05, 0.1) is 0 Å². The Morgan fingerprint density at radius 3 is 2.46 bits per heavy atom. The van der Waals surface area contributed by atoms with E-state index in [1.165, 1.54) is 43.5 Å². The molecular formula is C19H21F3N4O2. The van der Waals surface area contributed by atoms with E-state index in [0.717, 1.165) is 31.5 Å². The fourth-order valence-corrected chi connectivity index (χ4v) is 4.15. The number of piperidine rings is 1. The van der Waals surface area contributed by atoms with Gasteiger partial charge in [0.1, 0.15) is 0 Å². The molecule has 28 heavy (non-hydrogen) atoms. The molecule has 1 aromatic heterocycles. The summed E-state index contributed by atoms with van der Waals surface area (Å²) >= 11 is 0. The number of rotatable bonds is 5. The summed E-state index contributed by atoms with van der Waals surface area (Å²) in [6.45, 7) is 3.64. The van der Waals surface area contributed by atoms with Gasteiger partial charge in [-0.3, -0.25) is 4.79 Å². The second-order valence-corrected chi connectivity index (χ2v) is 7.56. The molecule has 1 saturated carbocycles. The van der Waals surface area contributed by atoms with E-state index >= 15 is 0 Å². The summed E-state index contributed by atoms with van der Waals surface area (Å²) in [5.74, 6) is -0.153. The average Bonchev–Trinajstić information content (AvgIpc) is 3.29. The number of nitrogens with one attached hydrogen (secondary N) is 1. The lowest BCUT2D eigenvalue weighted by atomic mass is 9.99. The van der Waals surface area contributed by atoms with Crippen LogP contribution in [0.5, 0.6) is 0 Å². The molecule has 0 spiro atoms. The second-order valence-electron chi connectivity index (χ2n) is 7.56.